The molecule has 0 aliphatic heterocycles. The highest BCUT2D eigenvalue weighted by Crippen LogP contribution is 2.31. The molecule has 3 N–H and O–H groups in total. The molecule has 0 heterocycles. The van der Waals surface area contributed by atoms with E-state index in [1.165, 1.54) is 0 Å². The van der Waals surface area contributed by atoms with Crippen molar-refractivity contribution >= 4 is 5.91 Å². The van der Waals surface area contributed by atoms with Crippen LogP contribution in [0.2, 0.25) is 0 Å². The van der Waals surface area contributed by atoms with E-state index in [0.717, 1.165) is 30.6 Å². The lowest BCUT2D eigenvalue weighted by Crippen LogP contribution is -2.36. The number of hydrogen-bond donors (Lipinski definition) is 2. The molecule has 0 radical (unpaired) electrons. The maximum atomic E-state index is 12.3. The van der Waals surface area contributed by atoms with E-state index in [-0.39, 0.29) is 17.9 Å². The maximum absolute atomic E-state index is 12.3. The minimum Gasteiger partial charge on any atom is -0.497 e. The lowest BCUT2D eigenvalue weighted by atomic mass is 9.94. The second-order valence-corrected chi connectivity index (χ2v) is 5.54. The molecule has 0 saturated heterocycles. The molecule has 4 heteroatoms. The summed E-state index contributed by atoms with van der Waals surface area (Å²) in [5, 5.41) is 3.10. The highest BCUT2D eigenvalue weighted by molar-refractivity contribution is 5.79. The third-order valence-corrected chi connectivity index (χ3v) is 4.27. The van der Waals surface area contributed by atoms with Crippen LogP contribution in [0.4, 0.5) is 0 Å². The molecule has 3 atom stereocenters. The first kappa shape index (κ1) is 14.9. The smallest absolute Gasteiger partial charge is 0.223 e. The number of rotatable bonds is 5. The predicted molar refractivity (Wildman–Crippen MR) is 79.4 cm³/mol. The van der Waals surface area contributed by atoms with Crippen molar-refractivity contribution in [2.24, 2.45) is 17.6 Å². The molecule has 1 saturated carbocycles. The van der Waals surface area contributed by atoms with Crippen LogP contribution in [-0.2, 0) is 4.79 Å². The molecule has 1 aromatic carbocycles. The number of nitrogens with two attached hydrogens (primary N) is 1. The molecule has 1 aliphatic rings. The summed E-state index contributed by atoms with van der Waals surface area (Å²) in [6, 6.07) is 7.80. The molecular formula is C16H24N2O2. The third-order valence-electron chi connectivity index (χ3n) is 4.27. The number of methoxy groups -OCH3 is 1. The minimum atomic E-state index is 0.00688. The highest BCUT2D eigenvalue weighted by Gasteiger charge is 2.32. The molecule has 1 fully saturated rings. The molecule has 4 nitrogen and oxygen atoms in total. The fourth-order valence-electron chi connectivity index (χ4n) is 2.96. The zero-order valence-electron chi connectivity index (χ0n) is 12.3. The maximum Gasteiger partial charge on any atom is 0.223 e. The Hall–Kier alpha value is -1.55. The molecule has 110 valence electrons. The van der Waals surface area contributed by atoms with Crippen LogP contribution in [-0.4, -0.2) is 19.6 Å². The molecule has 20 heavy (non-hydrogen) atoms. The first-order valence-corrected chi connectivity index (χ1v) is 7.30. The van der Waals surface area contributed by atoms with E-state index in [1.807, 2.05) is 31.2 Å². The van der Waals surface area contributed by atoms with Crippen LogP contribution in [0, 0.1) is 11.8 Å². The number of nitrogens with one attached hydrogen (secondary N) is 1. The predicted octanol–water partition coefficient (Wildman–Crippen LogP) is 2.25. The number of ether oxygens (including phenoxy) is 1. The normalized spacial score (nSPS) is 23.4. The standard InChI is InChI=1S/C16H24N2O2/c1-11(12-6-8-14(20-2)9-7-12)18-16(19)15-5-3-4-13(15)10-17/h6-9,11,13,15H,3-5,10,17H2,1-2H3,(H,18,19)/t11?,13-,15-/m1/s1. The lowest BCUT2D eigenvalue weighted by molar-refractivity contribution is -0.126. The van der Waals surface area contributed by atoms with E-state index in [2.05, 4.69) is 5.32 Å². The van der Waals surface area contributed by atoms with Gasteiger partial charge in [0, 0.05) is 5.92 Å². The van der Waals surface area contributed by atoms with Gasteiger partial charge in [0.25, 0.3) is 0 Å². The number of carbonyl (C=O) groups excluding carboxylic acids is 1. The van der Waals surface area contributed by atoms with Gasteiger partial charge in [-0.25, -0.2) is 0 Å². The van der Waals surface area contributed by atoms with Crippen molar-refractivity contribution in [1.82, 2.24) is 5.32 Å². The summed E-state index contributed by atoms with van der Waals surface area (Å²) in [5.74, 6) is 1.39. The Kier molecular flexibility index (Phi) is 5.01. The highest BCUT2D eigenvalue weighted by atomic mass is 16.5. The molecular weight excluding hydrogens is 252 g/mol. The quantitative estimate of drug-likeness (QED) is 0.867. The van der Waals surface area contributed by atoms with Crippen molar-refractivity contribution in [1.29, 1.82) is 0 Å². The van der Waals surface area contributed by atoms with Crippen LogP contribution in [0.15, 0.2) is 24.3 Å². The second-order valence-electron chi connectivity index (χ2n) is 5.54. The van der Waals surface area contributed by atoms with Gasteiger partial charge in [-0.05, 0) is 49.9 Å². The molecule has 2 rings (SSSR count). The average molecular weight is 276 g/mol. The van der Waals surface area contributed by atoms with E-state index in [0.29, 0.717) is 12.5 Å². The molecule has 1 amide bonds. The summed E-state index contributed by atoms with van der Waals surface area (Å²) in [6.45, 7) is 2.61. The van der Waals surface area contributed by atoms with Gasteiger partial charge in [-0.15, -0.1) is 0 Å². The summed E-state index contributed by atoms with van der Waals surface area (Å²) in [6.07, 6.45) is 3.14. The molecule has 1 unspecified atom stereocenters. The van der Waals surface area contributed by atoms with Crippen LogP contribution < -0.4 is 15.8 Å². The summed E-state index contributed by atoms with van der Waals surface area (Å²) in [4.78, 5) is 12.3. The van der Waals surface area contributed by atoms with Gasteiger partial charge in [0.15, 0.2) is 0 Å². The fourth-order valence-corrected chi connectivity index (χ4v) is 2.96. The Morgan fingerprint density at radius 3 is 2.70 bits per heavy atom. The SMILES string of the molecule is COc1ccc(C(C)NC(=O)[C@@H]2CCC[C@@H]2CN)cc1. The van der Waals surface area contributed by atoms with Gasteiger partial charge >= 0.3 is 0 Å². The Balaban J connectivity index is 1.96. The van der Waals surface area contributed by atoms with E-state index in [4.69, 9.17) is 10.5 Å². The average Bonchev–Trinajstić information content (AvgIpc) is 2.95. The first-order chi connectivity index (χ1) is 9.65. The van der Waals surface area contributed by atoms with Crippen LogP contribution >= 0.6 is 0 Å². The summed E-state index contributed by atoms with van der Waals surface area (Å²) in [7, 11) is 1.65. The largest absolute Gasteiger partial charge is 0.497 e. The minimum absolute atomic E-state index is 0.00688. The Morgan fingerprint density at radius 2 is 2.10 bits per heavy atom. The van der Waals surface area contributed by atoms with Crippen LogP contribution in [0.25, 0.3) is 0 Å². The van der Waals surface area contributed by atoms with E-state index in [9.17, 15) is 4.79 Å². The van der Waals surface area contributed by atoms with Crippen molar-refractivity contribution in [3.8, 4) is 5.75 Å². The summed E-state index contributed by atoms with van der Waals surface area (Å²) < 4.78 is 5.14. The second kappa shape index (κ2) is 6.75. The topological polar surface area (TPSA) is 64.3 Å². The van der Waals surface area contributed by atoms with Crippen LogP contribution in [0.1, 0.15) is 37.8 Å². The van der Waals surface area contributed by atoms with E-state index in [1.54, 1.807) is 7.11 Å². The van der Waals surface area contributed by atoms with Crippen LogP contribution in [0.5, 0.6) is 5.75 Å². The molecule has 0 spiro atoms. The van der Waals surface area contributed by atoms with Gasteiger partial charge in [-0.2, -0.15) is 0 Å². The Bertz CT molecular complexity index is 444. The van der Waals surface area contributed by atoms with Gasteiger partial charge < -0.3 is 15.8 Å². The van der Waals surface area contributed by atoms with E-state index < -0.39 is 0 Å². The number of carbonyl (C=O) groups is 1. The lowest BCUT2D eigenvalue weighted by Gasteiger charge is -2.21. The zero-order chi connectivity index (χ0) is 14.5. The van der Waals surface area contributed by atoms with Crippen molar-refractivity contribution < 1.29 is 9.53 Å². The number of benzene rings is 1. The van der Waals surface area contributed by atoms with Crippen molar-refractivity contribution in [2.75, 3.05) is 13.7 Å². The third kappa shape index (κ3) is 3.31. The van der Waals surface area contributed by atoms with Gasteiger partial charge in [0.05, 0.1) is 13.2 Å². The van der Waals surface area contributed by atoms with Crippen molar-refractivity contribution in [2.45, 2.75) is 32.2 Å². The summed E-state index contributed by atoms with van der Waals surface area (Å²) >= 11 is 0. The number of amides is 1. The molecule has 0 aromatic heterocycles. The van der Waals surface area contributed by atoms with Gasteiger partial charge in [0.2, 0.25) is 5.91 Å². The van der Waals surface area contributed by atoms with Gasteiger partial charge in [-0.1, -0.05) is 18.6 Å². The fraction of sp³-hybridized carbons (Fsp3) is 0.562. The van der Waals surface area contributed by atoms with Crippen molar-refractivity contribution in [3.63, 3.8) is 0 Å². The van der Waals surface area contributed by atoms with Gasteiger partial charge in [-0.3, -0.25) is 4.79 Å². The molecule has 1 aromatic rings. The first-order valence-electron chi connectivity index (χ1n) is 7.30. The van der Waals surface area contributed by atoms with E-state index >= 15 is 0 Å². The Labute approximate surface area is 120 Å². The van der Waals surface area contributed by atoms with Gasteiger partial charge in [0.1, 0.15) is 5.75 Å². The van der Waals surface area contributed by atoms with Crippen LogP contribution in [0.3, 0.4) is 0 Å². The summed E-state index contributed by atoms with van der Waals surface area (Å²) in [5.41, 5.74) is 6.83. The van der Waals surface area contributed by atoms with Crippen molar-refractivity contribution in [3.05, 3.63) is 29.8 Å². The number of hydrogen-bond acceptors (Lipinski definition) is 3. The molecule has 1 aliphatic carbocycles. The zero-order valence-corrected chi connectivity index (χ0v) is 12.3. The Morgan fingerprint density at radius 1 is 1.40 bits per heavy atom. The monoisotopic (exact) mass is 276 g/mol. The molecule has 0 bridgehead atoms.